The Balaban J connectivity index is 1.96. The number of nitrogens with zero attached hydrogens (tertiary/aromatic N) is 1. The van der Waals surface area contributed by atoms with Crippen LogP contribution in [-0.2, 0) is 19.6 Å². The van der Waals surface area contributed by atoms with E-state index in [2.05, 4.69) is 10.6 Å². The molecule has 2 amide bonds. The van der Waals surface area contributed by atoms with Crippen LogP contribution in [0.5, 0.6) is 0 Å². The fourth-order valence-electron chi connectivity index (χ4n) is 2.90. The SMILES string of the molecule is CC(=O)Nc1ccc(NC(=O)CCCN(c2cc(C)ccc2C)S(C)(=O)=O)cc1. The van der Waals surface area contributed by atoms with Crippen molar-refractivity contribution in [3.63, 3.8) is 0 Å². The number of aryl methyl sites for hydroxylation is 2. The summed E-state index contributed by atoms with van der Waals surface area (Å²) < 4.78 is 25.9. The molecule has 0 fully saturated rings. The van der Waals surface area contributed by atoms with Gasteiger partial charge in [0.05, 0.1) is 11.9 Å². The van der Waals surface area contributed by atoms with Crippen LogP contribution in [0.2, 0.25) is 0 Å². The number of benzene rings is 2. The van der Waals surface area contributed by atoms with E-state index >= 15 is 0 Å². The van der Waals surface area contributed by atoms with Gasteiger partial charge in [0.15, 0.2) is 0 Å². The maximum absolute atomic E-state index is 12.3. The van der Waals surface area contributed by atoms with Crippen molar-refractivity contribution in [1.29, 1.82) is 0 Å². The van der Waals surface area contributed by atoms with Crippen molar-refractivity contribution in [3.8, 4) is 0 Å². The number of anilines is 3. The Kier molecular flexibility index (Phi) is 7.39. The molecule has 2 aromatic carbocycles. The molecule has 0 aromatic heterocycles. The molecule has 156 valence electrons. The van der Waals surface area contributed by atoms with E-state index in [0.29, 0.717) is 23.5 Å². The lowest BCUT2D eigenvalue weighted by atomic mass is 10.1. The number of rotatable bonds is 8. The molecule has 0 radical (unpaired) electrons. The third kappa shape index (κ3) is 6.90. The highest BCUT2D eigenvalue weighted by molar-refractivity contribution is 7.92. The van der Waals surface area contributed by atoms with Crippen molar-refractivity contribution in [2.24, 2.45) is 0 Å². The summed E-state index contributed by atoms with van der Waals surface area (Å²) in [6.07, 6.45) is 1.74. The molecule has 2 aromatic rings. The number of nitrogens with one attached hydrogen (secondary N) is 2. The van der Waals surface area contributed by atoms with Crippen LogP contribution in [0, 0.1) is 13.8 Å². The van der Waals surface area contributed by atoms with E-state index < -0.39 is 10.0 Å². The molecule has 0 unspecified atom stereocenters. The number of amides is 2. The molecule has 7 nitrogen and oxygen atoms in total. The predicted molar refractivity (Wildman–Crippen MR) is 117 cm³/mol. The molecule has 8 heteroatoms. The highest BCUT2D eigenvalue weighted by Gasteiger charge is 2.19. The Bertz CT molecular complexity index is 985. The van der Waals surface area contributed by atoms with E-state index in [4.69, 9.17) is 0 Å². The first-order chi connectivity index (χ1) is 13.6. The Labute approximate surface area is 172 Å². The summed E-state index contributed by atoms with van der Waals surface area (Å²) in [5.41, 5.74) is 3.73. The van der Waals surface area contributed by atoms with Gasteiger partial charge in [-0.25, -0.2) is 8.42 Å². The minimum absolute atomic E-state index is 0.166. The quantitative estimate of drug-likeness (QED) is 0.688. The molecule has 0 spiro atoms. The lowest BCUT2D eigenvalue weighted by Crippen LogP contribution is -2.32. The van der Waals surface area contributed by atoms with Gasteiger partial charge < -0.3 is 10.6 Å². The number of carbonyl (C=O) groups excluding carboxylic acids is 2. The molecular formula is C21H27N3O4S. The Morgan fingerprint density at radius 2 is 1.55 bits per heavy atom. The summed E-state index contributed by atoms with van der Waals surface area (Å²) in [4.78, 5) is 23.2. The molecule has 0 aliphatic heterocycles. The first-order valence-electron chi connectivity index (χ1n) is 9.29. The van der Waals surface area contributed by atoms with Gasteiger partial charge in [-0.2, -0.15) is 0 Å². The molecule has 29 heavy (non-hydrogen) atoms. The second-order valence-corrected chi connectivity index (χ2v) is 8.94. The number of sulfonamides is 1. The molecule has 0 aliphatic rings. The van der Waals surface area contributed by atoms with Crippen LogP contribution in [0.25, 0.3) is 0 Å². The van der Waals surface area contributed by atoms with Crippen LogP contribution in [0.4, 0.5) is 17.1 Å². The van der Waals surface area contributed by atoms with Crippen molar-refractivity contribution in [3.05, 3.63) is 53.6 Å². The lowest BCUT2D eigenvalue weighted by Gasteiger charge is -2.24. The molecule has 0 heterocycles. The second kappa shape index (κ2) is 9.56. The van der Waals surface area contributed by atoms with E-state index in [1.165, 1.54) is 17.5 Å². The minimum Gasteiger partial charge on any atom is -0.326 e. The van der Waals surface area contributed by atoms with Gasteiger partial charge in [0.2, 0.25) is 21.8 Å². The first kappa shape index (κ1) is 22.4. The van der Waals surface area contributed by atoms with E-state index in [1.807, 2.05) is 32.0 Å². The summed E-state index contributed by atoms with van der Waals surface area (Å²) in [5, 5.41) is 5.43. The van der Waals surface area contributed by atoms with Gasteiger partial charge >= 0.3 is 0 Å². The Morgan fingerprint density at radius 1 is 0.966 bits per heavy atom. The fourth-order valence-corrected chi connectivity index (χ4v) is 3.91. The van der Waals surface area contributed by atoms with Crippen LogP contribution in [0.15, 0.2) is 42.5 Å². The van der Waals surface area contributed by atoms with Crippen molar-refractivity contribution >= 4 is 38.9 Å². The average Bonchev–Trinajstić information content (AvgIpc) is 2.61. The van der Waals surface area contributed by atoms with Crippen molar-refractivity contribution < 1.29 is 18.0 Å². The van der Waals surface area contributed by atoms with Gasteiger partial charge in [0, 0.05) is 31.3 Å². The van der Waals surface area contributed by atoms with Crippen LogP contribution >= 0.6 is 0 Å². The second-order valence-electron chi connectivity index (χ2n) is 7.04. The minimum atomic E-state index is -3.46. The van der Waals surface area contributed by atoms with Crippen LogP contribution in [-0.4, -0.2) is 33.0 Å². The van der Waals surface area contributed by atoms with Crippen molar-refractivity contribution in [2.75, 3.05) is 27.7 Å². The van der Waals surface area contributed by atoms with E-state index in [9.17, 15) is 18.0 Å². The summed E-state index contributed by atoms with van der Waals surface area (Å²) in [6, 6.07) is 12.5. The molecule has 0 bridgehead atoms. The van der Waals surface area contributed by atoms with Gasteiger partial charge in [-0.3, -0.25) is 13.9 Å². The van der Waals surface area contributed by atoms with E-state index in [-0.39, 0.29) is 24.8 Å². The van der Waals surface area contributed by atoms with E-state index in [1.54, 1.807) is 24.3 Å². The monoisotopic (exact) mass is 417 g/mol. The highest BCUT2D eigenvalue weighted by atomic mass is 32.2. The summed E-state index contributed by atoms with van der Waals surface area (Å²) in [6.45, 7) is 5.42. The van der Waals surface area contributed by atoms with Crippen molar-refractivity contribution in [1.82, 2.24) is 0 Å². The van der Waals surface area contributed by atoms with Gasteiger partial charge in [-0.1, -0.05) is 12.1 Å². The molecule has 0 saturated heterocycles. The van der Waals surface area contributed by atoms with E-state index in [0.717, 1.165) is 11.1 Å². The normalized spacial score (nSPS) is 11.0. The van der Waals surface area contributed by atoms with Gasteiger partial charge in [-0.05, 0) is 61.7 Å². The molecular weight excluding hydrogens is 390 g/mol. The zero-order chi connectivity index (χ0) is 21.6. The standard InChI is InChI=1S/C21H27N3O4S/c1-15-7-8-16(2)20(14-15)24(29(4,27)28)13-5-6-21(26)23-19-11-9-18(10-12-19)22-17(3)25/h7-12,14H,5-6,13H2,1-4H3,(H,22,25)(H,23,26). The molecule has 2 N–H and O–H groups in total. The zero-order valence-corrected chi connectivity index (χ0v) is 18.0. The summed E-state index contributed by atoms with van der Waals surface area (Å²) >= 11 is 0. The van der Waals surface area contributed by atoms with Crippen molar-refractivity contribution in [2.45, 2.75) is 33.6 Å². The number of hydrogen-bond donors (Lipinski definition) is 2. The topological polar surface area (TPSA) is 95.6 Å². The van der Waals surface area contributed by atoms with Crippen LogP contribution in [0.1, 0.15) is 30.9 Å². The maximum Gasteiger partial charge on any atom is 0.232 e. The third-order valence-electron chi connectivity index (χ3n) is 4.29. The average molecular weight is 418 g/mol. The molecule has 0 atom stereocenters. The van der Waals surface area contributed by atoms with Gasteiger partial charge in [0.1, 0.15) is 0 Å². The molecule has 0 saturated carbocycles. The highest BCUT2D eigenvalue weighted by Crippen LogP contribution is 2.24. The number of hydrogen-bond acceptors (Lipinski definition) is 4. The fraction of sp³-hybridized carbons (Fsp3) is 0.333. The zero-order valence-electron chi connectivity index (χ0n) is 17.2. The Morgan fingerprint density at radius 3 is 2.10 bits per heavy atom. The summed E-state index contributed by atoms with van der Waals surface area (Å²) in [7, 11) is -3.46. The molecule has 2 rings (SSSR count). The largest absolute Gasteiger partial charge is 0.326 e. The first-order valence-corrected chi connectivity index (χ1v) is 11.1. The third-order valence-corrected chi connectivity index (χ3v) is 5.47. The molecule has 0 aliphatic carbocycles. The lowest BCUT2D eigenvalue weighted by molar-refractivity contribution is -0.116. The van der Waals surface area contributed by atoms with Crippen LogP contribution in [0.3, 0.4) is 0 Å². The van der Waals surface area contributed by atoms with Crippen LogP contribution < -0.4 is 14.9 Å². The Hall–Kier alpha value is -2.87. The predicted octanol–water partition coefficient (Wildman–Crippen LogP) is 3.45. The van der Waals surface area contributed by atoms with Gasteiger partial charge in [-0.15, -0.1) is 0 Å². The maximum atomic E-state index is 12.3. The smallest absolute Gasteiger partial charge is 0.232 e. The summed E-state index contributed by atoms with van der Waals surface area (Å²) in [5.74, 6) is -0.368. The number of carbonyl (C=O) groups is 2. The van der Waals surface area contributed by atoms with Gasteiger partial charge in [0.25, 0.3) is 0 Å².